The topological polar surface area (TPSA) is 108 Å². The summed E-state index contributed by atoms with van der Waals surface area (Å²) < 4.78 is 47.4. The molecule has 186 valence electrons. The second-order valence-electron chi connectivity index (χ2n) is 7.73. The zero-order valence-corrected chi connectivity index (χ0v) is 19.2. The van der Waals surface area contributed by atoms with Gasteiger partial charge in [-0.3, -0.25) is 9.59 Å². The molecule has 36 heavy (non-hydrogen) atoms. The Balaban J connectivity index is 1.55. The third-order valence-electron chi connectivity index (χ3n) is 5.27. The quantitative estimate of drug-likeness (QED) is 0.405. The van der Waals surface area contributed by atoms with E-state index in [4.69, 9.17) is 4.74 Å². The van der Waals surface area contributed by atoms with Crippen LogP contribution in [0, 0.1) is 6.92 Å². The first-order valence-electron chi connectivity index (χ1n) is 10.8. The highest BCUT2D eigenvalue weighted by atomic mass is 19.4. The fraction of sp³-hybridized carbons (Fsp3) is 0.208. The number of nitrogens with one attached hydrogen (secondary N) is 1. The molecule has 0 spiro atoms. The molecule has 2 aromatic carbocycles. The van der Waals surface area contributed by atoms with Crippen molar-refractivity contribution in [3.8, 4) is 5.69 Å². The highest BCUT2D eigenvalue weighted by Crippen LogP contribution is 2.34. The summed E-state index contributed by atoms with van der Waals surface area (Å²) in [4.78, 5) is 37.1. The standard InChI is InChI=1S/C24H20F3N5O4/c1-3-36-23(35)19-12-28-32(21(19)24(25,26)27)16-10-8-15(9-11-16)29-20(33)13-31-22(34)18-7-5-4-6-17(18)14(2)30-31/h4-12H,3,13H2,1-2H3,(H,29,33). The van der Waals surface area contributed by atoms with Crippen molar-refractivity contribution in [1.82, 2.24) is 19.6 Å². The van der Waals surface area contributed by atoms with Crippen LogP contribution in [-0.2, 0) is 22.3 Å². The largest absolute Gasteiger partial charge is 0.462 e. The summed E-state index contributed by atoms with van der Waals surface area (Å²) in [6.45, 7) is 2.77. The maximum atomic E-state index is 13.7. The van der Waals surface area contributed by atoms with E-state index < -0.39 is 34.9 Å². The van der Waals surface area contributed by atoms with Crippen molar-refractivity contribution in [2.24, 2.45) is 0 Å². The molecule has 0 aliphatic carbocycles. The summed E-state index contributed by atoms with van der Waals surface area (Å²) in [6, 6.07) is 12.3. The second kappa shape index (κ2) is 9.64. The molecule has 0 aliphatic rings. The van der Waals surface area contributed by atoms with Crippen molar-refractivity contribution >= 4 is 28.3 Å². The average molecular weight is 499 g/mol. The van der Waals surface area contributed by atoms with Gasteiger partial charge in [0.15, 0.2) is 5.69 Å². The number of fused-ring (bicyclic) bond motifs is 1. The van der Waals surface area contributed by atoms with Gasteiger partial charge in [0.25, 0.3) is 5.56 Å². The van der Waals surface area contributed by atoms with Crippen LogP contribution in [0.25, 0.3) is 16.5 Å². The number of aryl methyl sites for hydroxylation is 1. The van der Waals surface area contributed by atoms with E-state index >= 15 is 0 Å². The van der Waals surface area contributed by atoms with Gasteiger partial charge in [-0.15, -0.1) is 0 Å². The Morgan fingerprint density at radius 2 is 1.72 bits per heavy atom. The second-order valence-corrected chi connectivity index (χ2v) is 7.73. The Morgan fingerprint density at radius 1 is 1.06 bits per heavy atom. The van der Waals surface area contributed by atoms with Gasteiger partial charge < -0.3 is 10.1 Å². The lowest BCUT2D eigenvalue weighted by molar-refractivity contribution is -0.143. The maximum Gasteiger partial charge on any atom is 0.434 e. The van der Waals surface area contributed by atoms with E-state index in [9.17, 15) is 27.6 Å². The lowest BCUT2D eigenvalue weighted by Gasteiger charge is -2.13. The third-order valence-corrected chi connectivity index (χ3v) is 5.27. The predicted octanol–water partition coefficient (Wildman–Crippen LogP) is 3.72. The fourth-order valence-corrected chi connectivity index (χ4v) is 3.71. The van der Waals surface area contributed by atoms with E-state index in [1.807, 2.05) is 0 Å². The number of rotatable bonds is 6. The number of benzene rings is 2. The molecule has 2 heterocycles. The Bertz CT molecular complexity index is 1510. The minimum atomic E-state index is -4.87. The van der Waals surface area contributed by atoms with Crippen LogP contribution < -0.4 is 10.9 Å². The van der Waals surface area contributed by atoms with Gasteiger partial charge in [0.05, 0.1) is 29.6 Å². The number of ether oxygens (including phenoxy) is 1. The smallest absolute Gasteiger partial charge is 0.434 e. The Labute approximate surface area is 202 Å². The molecule has 0 bridgehead atoms. The van der Waals surface area contributed by atoms with Crippen molar-refractivity contribution in [1.29, 1.82) is 0 Å². The van der Waals surface area contributed by atoms with Crippen LogP contribution in [0.4, 0.5) is 18.9 Å². The zero-order valence-electron chi connectivity index (χ0n) is 19.2. The monoisotopic (exact) mass is 499 g/mol. The summed E-state index contributed by atoms with van der Waals surface area (Å²) in [5.74, 6) is -1.68. The van der Waals surface area contributed by atoms with Crippen LogP contribution in [-0.4, -0.2) is 38.0 Å². The summed E-state index contributed by atoms with van der Waals surface area (Å²) in [5, 5.41) is 11.6. The number of carbonyl (C=O) groups is 2. The molecule has 12 heteroatoms. The van der Waals surface area contributed by atoms with Crippen molar-refractivity contribution in [3.63, 3.8) is 0 Å². The number of nitrogens with zero attached hydrogens (tertiary/aromatic N) is 4. The lowest BCUT2D eigenvalue weighted by Crippen LogP contribution is -2.30. The molecule has 0 atom stereocenters. The Kier molecular flexibility index (Phi) is 6.60. The van der Waals surface area contributed by atoms with Gasteiger partial charge in [-0.2, -0.15) is 23.4 Å². The first kappa shape index (κ1) is 24.6. The number of halogens is 3. The molecular weight excluding hydrogens is 479 g/mol. The van der Waals surface area contributed by atoms with Gasteiger partial charge in [-0.25, -0.2) is 14.2 Å². The van der Waals surface area contributed by atoms with Crippen molar-refractivity contribution in [2.45, 2.75) is 26.6 Å². The van der Waals surface area contributed by atoms with Gasteiger partial charge >= 0.3 is 12.1 Å². The summed E-state index contributed by atoms with van der Waals surface area (Å²) in [5.41, 5.74) is -1.51. The molecule has 0 aliphatic heterocycles. The van der Waals surface area contributed by atoms with Gasteiger partial charge in [0.2, 0.25) is 5.91 Å². The van der Waals surface area contributed by atoms with E-state index in [1.54, 1.807) is 31.2 Å². The number of aromatic nitrogens is 4. The zero-order chi connectivity index (χ0) is 26.0. The van der Waals surface area contributed by atoms with Crippen LogP contribution in [0.3, 0.4) is 0 Å². The number of anilines is 1. The van der Waals surface area contributed by atoms with Gasteiger partial charge in [-0.05, 0) is 44.2 Å². The molecule has 4 aromatic rings. The minimum absolute atomic E-state index is 0.0129. The molecule has 0 fully saturated rings. The fourth-order valence-electron chi connectivity index (χ4n) is 3.71. The number of esters is 1. The SMILES string of the molecule is CCOC(=O)c1cnn(-c2ccc(NC(=O)Cn3nc(C)c4ccccc4c3=O)cc2)c1C(F)(F)F. The summed E-state index contributed by atoms with van der Waals surface area (Å²) in [6.07, 6.45) is -4.07. The van der Waals surface area contributed by atoms with E-state index in [1.165, 1.54) is 31.2 Å². The third kappa shape index (κ3) is 4.83. The number of hydrogen-bond donors (Lipinski definition) is 1. The summed E-state index contributed by atoms with van der Waals surface area (Å²) >= 11 is 0. The van der Waals surface area contributed by atoms with Crippen LogP contribution in [0.15, 0.2) is 59.5 Å². The molecule has 4 rings (SSSR count). The van der Waals surface area contributed by atoms with E-state index in [-0.39, 0.29) is 24.5 Å². The molecular formula is C24H20F3N5O4. The molecule has 9 nitrogen and oxygen atoms in total. The number of amides is 1. The lowest BCUT2D eigenvalue weighted by atomic mass is 10.1. The van der Waals surface area contributed by atoms with E-state index in [0.717, 1.165) is 10.9 Å². The number of carbonyl (C=O) groups excluding carboxylic acids is 2. The maximum absolute atomic E-state index is 13.7. The van der Waals surface area contributed by atoms with Crippen LogP contribution in [0.2, 0.25) is 0 Å². The first-order chi connectivity index (χ1) is 17.1. The summed E-state index contributed by atoms with van der Waals surface area (Å²) in [7, 11) is 0. The predicted molar refractivity (Wildman–Crippen MR) is 124 cm³/mol. The van der Waals surface area contributed by atoms with Gasteiger partial charge in [0.1, 0.15) is 12.1 Å². The highest BCUT2D eigenvalue weighted by Gasteiger charge is 2.41. The van der Waals surface area contributed by atoms with Crippen molar-refractivity contribution in [2.75, 3.05) is 11.9 Å². The Hall–Kier alpha value is -4.48. The molecule has 0 unspecified atom stereocenters. The van der Waals surface area contributed by atoms with E-state index in [2.05, 4.69) is 15.5 Å². The van der Waals surface area contributed by atoms with Gasteiger partial charge in [-0.1, -0.05) is 18.2 Å². The van der Waals surface area contributed by atoms with Gasteiger partial charge in [0, 0.05) is 11.1 Å². The normalized spacial score (nSPS) is 11.5. The van der Waals surface area contributed by atoms with Crippen LogP contribution >= 0.6 is 0 Å². The minimum Gasteiger partial charge on any atom is -0.462 e. The van der Waals surface area contributed by atoms with Crippen molar-refractivity contribution in [3.05, 3.63) is 82.0 Å². The van der Waals surface area contributed by atoms with Crippen LogP contribution in [0.1, 0.15) is 28.7 Å². The Morgan fingerprint density at radius 3 is 2.36 bits per heavy atom. The molecule has 2 aromatic heterocycles. The highest BCUT2D eigenvalue weighted by molar-refractivity contribution is 5.92. The average Bonchev–Trinajstić information content (AvgIpc) is 3.29. The molecule has 0 saturated heterocycles. The van der Waals surface area contributed by atoms with Crippen LogP contribution in [0.5, 0.6) is 0 Å². The van der Waals surface area contributed by atoms with E-state index in [0.29, 0.717) is 21.1 Å². The molecule has 0 saturated carbocycles. The molecule has 1 amide bonds. The number of hydrogen-bond acceptors (Lipinski definition) is 6. The first-order valence-corrected chi connectivity index (χ1v) is 10.8. The molecule has 1 N–H and O–H groups in total. The van der Waals surface area contributed by atoms with Crippen molar-refractivity contribution < 1.29 is 27.5 Å². The molecule has 0 radical (unpaired) electrons. The number of alkyl halides is 3.